The summed E-state index contributed by atoms with van der Waals surface area (Å²) in [6.45, 7) is 24.7. The molecule has 0 bridgehead atoms. The van der Waals surface area contributed by atoms with Gasteiger partial charge in [-0.2, -0.15) is 0 Å². The van der Waals surface area contributed by atoms with Crippen LogP contribution in [0.2, 0.25) is 0 Å². The summed E-state index contributed by atoms with van der Waals surface area (Å²) in [5.74, 6) is 1.28. The number of carbonyl (C=O) groups excluding carboxylic acids is 1. The van der Waals surface area contributed by atoms with E-state index in [0.29, 0.717) is 24.2 Å². The van der Waals surface area contributed by atoms with Crippen molar-refractivity contribution in [2.45, 2.75) is 86.0 Å². The van der Waals surface area contributed by atoms with Crippen LogP contribution in [0.5, 0.6) is 0 Å². The first-order valence-electron chi connectivity index (χ1n) is 15.6. The highest BCUT2D eigenvalue weighted by atomic mass is 16.5. The second-order valence-corrected chi connectivity index (χ2v) is 11.6. The van der Waals surface area contributed by atoms with Crippen molar-refractivity contribution in [1.29, 1.82) is 0 Å². The maximum absolute atomic E-state index is 12.7. The second kappa shape index (κ2) is 18.4. The predicted molar refractivity (Wildman–Crippen MR) is 178 cm³/mol. The highest BCUT2D eigenvalue weighted by Gasteiger charge is 2.25. The Labute approximate surface area is 250 Å². The highest BCUT2D eigenvalue weighted by Crippen LogP contribution is 2.31. The van der Waals surface area contributed by atoms with Gasteiger partial charge in [-0.05, 0) is 85.6 Å². The fraction of sp³-hybridized carbons (Fsp3) is 0.474. The lowest BCUT2D eigenvalue weighted by Gasteiger charge is -2.27. The lowest BCUT2D eigenvalue weighted by Crippen LogP contribution is -2.24. The number of rotatable bonds is 20. The summed E-state index contributed by atoms with van der Waals surface area (Å²) in [4.78, 5) is 18.0. The molecule has 2 aromatic rings. The van der Waals surface area contributed by atoms with Crippen molar-refractivity contribution in [3.05, 3.63) is 96.7 Å². The predicted octanol–water partition coefficient (Wildman–Crippen LogP) is 10.6. The molecular formula is C38H53NO2. The number of aliphatic imine (C=N–C) groups is 1. The molecule has 2 rings (SSSR count). The standard InChI is InChI=1S/C38H53NO2/c1-9-13-14-20-37(40)34-19-15-18-32(26-34)33-21-22-36(30(7)25-33)38(35(17-11-3)29(6)16-10-2)39-31(8)24-28(5)27-41-23-12-4/h9-10,15,18-19,21-22,25-26,28-29,35H,1-2,8,11-14,16-17,20,23-24,27H2,3-7H3/t28-,29+,35?/m1/s1. The maximum Gasteiger partial charge on any atom is 0.162 e. The molecule has 222 valence electrons. The topological polar surface area (TPSA) is 38.7 Å². The van der Waals surface area contributed by atoms with Crippen LogP contribution in [0, 0.1) is 24.7 Å². The van der Waals surface area contributed by atoms with E-state index in [1.54, 1.807) is 0 Å². The van der Waals surface area contributed by atoms with Crippen LogP contribution in [-0.4, -0.2) is 24.7 Å². The molecule has 2 aromatic carbocycles. The Balaban J connectivity index is 2.44. The summed E-state index contributed by atoms with van der Waals surface area (Å²) in [6.07, 6.45) is 11.1. The first-order chi connectivity index (χ1) is 19.7. The maximum atomic E-state index is 12.7. The zero-order valence-electron chi connectivity index (χ0n) is 26.4. The molecule has 3 nitrogen and oxygen atoms in total. The molecule has 0 saturated carbocycles. The number of allylic oxidation sites excluding steroid dienone is 3. The van der Waals surface area contributed by atoms with E-state index in [1.807, 2.05) is 30.4 Å². The Hall–Kier alpha value is -3.04. The van der Waals surface area contributed by atoms with Crippen LogP contribution in [-0.2, 0) is 4.74 Å². The molecule has 0 aliphatic carbocycles. The van der Waals surface area contributed by atoms with E-state index in [1.165, 1.54) is 11.1 Å². The van der Waals surface area contributed by atoms with E-state index in [0.717, 1.165) is 86.3 Å². The summed E-state index contributed by atoms with van der Waals surface area (Å²) in [5, 5.41) is 0. The number of aryl methyl sites for hydroxylation is 1. The fourth-order valence-corrected chi connectivity index (χ4v) is 5.43. The second-order valence-electron chi connectivity index (χ2n) is 11.6. The van der Waals surface area contributed by atoms with E-state index in [9.17, 15) is 4.79 Å². The number of benzene rings is 2. The Kier molecular flexibility index (Phi) is 15.3. The third kappa shape index (κ3) is 11.0. The molecule has 0 spiro atoms. The van der Waals surface area contributed by atoms with E-state index in [2.05, 4.69) is 78.6 Å². The number of unbranched alkanes of at least 4 members (excludes halogenated alkanes) is 1. The monoisotopic (exact) mass is 555 g/mol. The molecule has 1 unspecified atom stereocenters. The number of ether oxygens (including phenoxy) is 1. The molecule has 0 heterocycles. The summed E-state index contributed by atoms with van der Waals surface area (Å²) in [7, 11) is 0. The molecule has 3 atom stereocenters. The van der Waals surface area contributed by atoms with Crippen molar-refractivity contribution in [2.75, 3.05) is 13.2 Å². The molecular weight excluding hydrogens is 502 g/mol. The normalized spacial score (nSPS) is 13.8. The van der Waals surface area contributed by atoms with Crippen LogP contribution in [0.25, 0.3) is 11.1 Å². The molecule has 0 saturated heterocycles. The molecule has 0 aliphatic rings. The van der Waals surface area contributed by atoms with E-state index in [-0.39, 0.29) is 5.78 Å². The summed E-state index contributed by atoms with van der Waals surface area (Å²) >= 11 is 0. The minimum absolute atomic E-state index is 0.183. The minimum atomic E-state index is 0.183. The van der Waals surface area contributed by atoms with Gasteiger partial charge in [0.15, 0.2) is 5.78 Å². The third-order valence-corrected chi connectivity index (χ3v) is 7.62. The van der Waals surface area contributed by atoms with Crippen LogP contribution >= 0.6 is 0 Å². The van der Waals surface area contributed by atoms with Gasteiger partial charge in [0, 0.05) is 36.8 Å². The van der Waals surface area contributed by atoms with Crippen molar-refractivity contribution in [3.8, 4) is 11.1 Å². The molecule has 0 aliphatic heterocycles. The van der Waals surface area contributed by atoms with Crippen LogP contribution in [0.4, 0.5) is 0 Å². The zero-order chi connectivity index (χ0) is 30.2. The number of hydrogen-bond donors (Lipinski definition) is 0. The Morgan fingerprint density at radius 1 is 1.02 bits per heavy atom. The van der Waals surface area contributed by atoms with Gasteiger partial charge in [-0.15, -0.1) is 13.2 Å². The molecule has 0 fully saturated rings. The van der Waals surface area contributed by atoms with Crippen LogP contribution in [0.3, 0.4) is 0 Å². The summed E-state index contributed by atoms with van der Waals surface area (Å²) in [5.41, 5.74) is 7.33. The molecule has 0 radical (unpaired) electrons. The smallest absolute Gasteiger partial charge is 0.162 e. The largest absolute Gasteiger partial charge is 0.381 e. The summed E-state index contributed by atoms with van der Waals surface area (Å²) in [6, 6.07) is 14.6. The molecule has 0 aromatic heterocycles. The molecule has 0 N–H and O–H groups in total. The average molecular weight is 556 g/mol. The van der Waals surface area contributed by atoms with E-state index < -0.39 is 0 Å². The van der Waals surface area contributed by atoms with E-state index >= 15 is 0 Å². The van der Waals surface area contributed by atoms with Gasteiger partial charge in [0.2, 0.25) is 0 Å². The van der Waals surface area contributed by atoms with Gasteiger partial charge in [0.1, 0.15) is 0 Å². The van der Waals surface area contributed by atoms with Crippen molar-refractivity contribution < 1.29 is 9.53 Å². The van der Waals surface area contributed by atoms with Crippen molar-refractivity contribution in [1.82, 2.24) is 0 Å². The molecule has 41 heavy (non-hydrogen) atoms. The highest BCUT2D eigenvalue weighted by molar-refractivity contribution is 6.04. The Morgan fingerprint density at radius 3 is 2.44 bits per heavy atom. The van der Waals surface area contributed by atoms with Gasteiger partial charge in [-0.3, -0.25) is 9.79 Å². The van der Waals surface area contributed by atoms with Crippen molar-refractivity contribution >= 4 is 11.5 Å². The van der Waals surface area contributed by atoms with Gasteiger partial charge >= 0.3 is 0 Å². The molecule has 0 amide bonds. The first kappa shape index (κ1) is 34.2. The van der Waals surface area contributed by atoms with Crippen LogP contribution in [0.15, 0.2) is 85.0 Å². The number of ketones is 1. The van der Waals surface area contributed by atoms with Gasteiger partial charge in [0.25, 0.3) is 0 Å². The number of carbonyl (C=O) groups is 1. The molecule has 3 heteroatoms. The first-order valence-corrected chi connectivity index (χ1v) is 15.6. The van der Waals surface area contributed by atoms with Gasteiger partial charge in [-0.1, -0.05) is 89.2 Å². The number of nitrogens with zero attached hydrogens (tertiary/aromatic N) is 1. The third-order valence-electron chi connectivity index (χ3n) is 7.62. The number of hydrogen-bond acceptors (Lipinski definition) is 3. The fourth-order valence-electron chi connectivity index (χ4n) is 5.43. The summed E-state index contributed by atoms with van der Waals surface area (Å²) < 4.78 is 5.79. The lowest BCUT2D eigenvalue weighted by molar-refractivity contribution is 0.0980. The minimum Gasteiger partial charge on any atom is -0.381 e. The zero-order valence-corrected chi connectivity index (χ0v) is 26.4. The van der Waals surface area contributed by atoms with Crippen LogP contribution in [0.1, 0.15) is 101 Å². The Morgan fingerprint density at radius 2 is 1.78 bits per heavy atom. The van der Waals surface area contributed by atoms with Gasteiger partial charge < -0.3 is 4.74 Å². The number of Topliss-reactive ketones (excluding diaryl/α,β-unsaturated/α-hetero) is 1. The van der Waals surface area contributed by atoms with Gasteiger partial charge in [0.05, 0.1) is 5.71 Å². The average Bonchev–Trinajstić information content (AvgIpc) is 2.95. The van der Waals surface area contributed by atoms with E-state index in [4.69, 9.17) is 9.73 Å². The quantitative estimate of drug-likeness (QED) is 0.0705. The Bertz CT molecular complexity index is 1170. The van der Waals surface area contributed by atoms with Gasteiger partial charge in [-0.25, -0.2) is 0 Å². The van der Waals surface area contributed by atoms with Crippen molar-refractivity contribution in [3.63, 3.8) is 0 Å². The van der Waals surface area contributed by atoms with Crippen LogP contribution < -0.4 is 0 Å². The SMILES string of the molecule is C=CCCCC(=O)c1cccc(-c2ccc(C(=NC(=C)C[C@@H](C)COCCC)C(CCC)[C@@H](C)CC=C)c(C)c2)c1. The lowest BCUT2D eigenvalue weighted by atomic mass is 9.80. The van der Waals surface area contributed by atoms with Crippen molar-refractivity contribution in [2.24, 2.45) is 22.7 Å².